The highest BCUT2D eigenvalue weighted by Crippen LogP contribution is 2.33. The van der Waals surface area contributed by atoms with E-state index in [2.05, 4.69) is 0 Å². The maximum atomic E-state index is 12.8. The first kappa shape index (κ1) is 14.1. The zero-order valence-corrected chi connectivity index (χ0v) is 11.8. The van der Waals surface area contributed by atoms with E-state index in [0.717, 1.165) is 25.7 Å². The molecule has 1 saturated carbocycles. The van der Waals surface area contributed by atoms with Crippen molar-refractivity contribution in [1.29, 1.82) is 0 Å². The second-order valence-electron chi connectivity index (χ2n) is 5.17. The number of carbonyl (C=O) groups excluding carboxylic acids is 1. The predicted octanol–water partition coefficient (Wildman–Crippen LogP) is 3.62. The van der Waals surface area contributed by atoms with Crippen LogP contribution in [-0.4, -0.2) is 25.6 Å². The van der Waals surface area contributed by atoms with Gasteiger partial charge < -0.3 is 9.47 Å². The molecule has 0 aromatic heterocycles. The Hall–Kier alpha value is -1.35. The lowest BCUT2D eigenvalue weighted by Crippen LogP contribution is -2.40. The highest BCUT2D eigenvalue weighted by Gasteiger charge is 2.39. The first-order chi connectivity index (χ1) is 9.22. The zero-order valence-electron chi connectivity index (χ0n) is 11.8. The predicted molar refractivity (Wildman–Crippen MR) is 74.8 cm³/mol. The van der Waals surface area contributed by atoms with E-state index in [1.54, 1.807) is 20.3 Å². The van der Waals surface area contributed by atoms with Crippen molar-refractivity contribution in [1.82, 2.24) is 0 Å². The number of hydrogen-bond acceptors (Lipinski definition) is 3. The third-order valence-electron chi connectivity index (χ3n) is 4.05. The molecule has 1 aromatic carbocycles. The standard InChI is InChI=1S/C16H22O3/c1-18-14-9-7-8-13(12-14)15(17)16(19-2)10-5-3-4-6-11-16/h7-9,12H,3-6,10-11H2,1-2H3. The molecule has 0 bridgehead atoms. The van der Waals surface area contributed by atoms with Gasteiger partial charge in [0.05, 0.1) is 7.11 Å². The van der Waals surface area contributed by atoms with Crippen LogP contribution in [0.5, 0.6) is 5.75 Å². The second-order valence-corrected chi connectivity index (χ2v) is 5.17. The normalized spacial score (nSPS) is 18.6. The van der Waals surface area contributed by atoms with Crippen LogP contribution in [0.3, 0.4) is 0 Å². The van der Waals surface area contributed by atoms with E-state index in [0.29, 0.717) is 11.3 Å². The summed E-state index contributed by atoms with van der Waals surface area (Å²) >= 11 is 0. The van der Waals surface area contributed by atoms with Crippen molar-refractivity contribution < 1.29 is 14.3 Å². The molecule has 3 nitrogen and oxygen atoms in total. The van der Waals surface area contributed by atoms with Crippen LogP contribution >= 0.6 is 0 Å². The summed E-state index contributed by atoms with van der Waals surface area (Å²) < 4.78 is 10.8. The molecule has 104 valence electrons. The van der Waals surface area contributed by atoms with Crippen molar-refractivity contribution in [3.63, 3.8) is 0 Å². The van der Waals surface area contributed by atoms with Crippen LogP contribution in [0.1, 0.15) is 48.9 Å². The van der Waals surface area contributed by atoms with E-state index in [1.807, 2.05) is 18.2 Å². The third kappa shape index (κ3) is 2.98. The minimum absolute atomic E-state index is 0.0933. The van der Waals surface area contributed by atoms with Gasteiger partial charge in [0.1, 0.15) is 11.4 Å². The quantitative estimate of drug-likeness (QED) is 0.614. The van der Waals surface area contributed by atoms with Gasteiger partial charge in [-0.3, -0.25) is 4.79 Å². The molecule has 0 aliphatic heterocycles. The molecular weight excluding hydrogens is 240 g/mol. The number of methoxy groups -OCH3 is 2. The first-order valence-corrected chi connectivity index (χ1v) is 6.96. The minimum atomic E-state index is -0.636. The Labute approximate surface area is 114 Å². The highest BCUT2D eigenvalue weighted by atomic mass is 16.5. The lowest BCUT2D eigenvalue weighted by Gasteiger charge is -2.29. The van der Waals surface area contributed by atoms with Gasteiger partial charge in [-0.25, -0.2) is 0 Å². The van der Waals surface area contributed by atoms with Gasteiger partial charge in [-0.05, 0) is 25.0 Å². The molecule has 1 aromatic rings. The maximum Gasteiger partial charge on any atom is 0.194 e. The van der Waals surface area contributed by atoms with Gasteiger partial charge in [-0.1, -0.05) is 37.8 Å². The van der Waals surface area contributed by atoms with Crippen molar-refractivity contribution in [3.05, 3.63) is 29.8 Å². The average Bonchev–Trinajstić information content (AvgIpc) is 2.73. The molecule has 0 amide bonds. The Balaban J connectivity index is 2.28. The van der Waals surface area contributed by atoms with Crippen LogP contribution in [-0.2, 0) is 4.74 Å². The molecule has 0 heterocycles. The minimum Gasteiger partial charge on any atom is -0.497 e. The van der Waals surface area contributed by atoms with E-state index >= 15 is 0 Å². The number of carbonyl (C=O) groups is 1. The summed E-state index contributed by atoms with van der Waals surface area (Å²) in [6.07, 6.45) is 6.14. The lowest BCUT2D eigenvalue weighted by molar-refractivity contribution is -0.00693. The highest BCUT2D eigenvalue weighted by molar-refractivity contribution is 6.02. The van der Waals surface area contributed by atoms with Crippen molar-refractivity contribution in [2.75, 3.05) is 14.2 Å². The number of rotatable bonds is 4. The average molecular weight is 262 g/mol. The molecule has 3 heteroatoms. The van der Waals surface area contributed by atoms with E-state index < -0.39 is 5.60 Å². The SMILES string of the molecule is COc1cccc(C(=O)C2(OC)CCCCCC2)c1. The molecule has 0 atom stereocenters. The van der Waals surface area contributed by atoms with Crippen molar-refractivity contribution >= 4 is 5.78 Å². The molecule has 0 saturated heterocycles. The largest absolute Gasteiger partial charge is 0.497 e. The monoisotopic (exact) mass is 262 g/mol. The molecule has 19 heavy (non-hydrogen) atoms. The van der Waals surface area contributed by atoms with Crippen LogP contribution in [0.4, 0.5) is 0 Å². The van der Waals surface area contributed by atoms with Crippen LogP contribution in [0.15, 0.2) is 24.3 Å². The molecule has 1 fully saturated rings. The summed E-state index contributed by atoms with van der Waals surface area (Å²) in [7, 11) is 3.27. The molecule has 2 rings (SSSR count). The fourth-order valence-electron chi connectivity index (χ4n) is 2.85. The maximum absolute atomic E-state index is 12.8. The van der Waals surface area contributed by atoms with Crippen LogP contribution in [0.25, 0.3) is 0 Å². The second kappa shape index (κ2) is 6.20. The summed E-state index contributed by atoms with van der Waals surface area (Å²) in [4.78, 5) is 12.8. The van der Waals surface area contributed by atoms with Crippen molar-refractivity contribution in [2.45, 2.75) is 44.1 Å². The Bertz CT molecular complexity index is 431. The van der Waals surface area contributed by atoms with Crippen molar-refractivity contribution in [2.24, 2.45) is 0 Å². The van der Waals surface area contributed by atoms with E-state index in [-0.39, 0.29) is 5.78 Å². The molecule has 1 aliphatic rings. The first-order valence-electron chi connectivity index (χ1n) is 6.96. The molecule has 0 unspecified atom stereocenters. The Morgan fingerprint density at radius 2 is 1.79 bits per heavy atom. The van der Waals surface area contributed by atoms with E-state index in [4.69, 9.17) is 9.47 Å². The molecule has 0 N–H and O–H groups in total. The summed E-state index contributed by atoms with van der Waals surface area (Å²) in [5, 5.41) is 0. The summed E-state index contributed by atoms with van der Waals surface area (Å²) in [6, 6.07) is 7.35. The Kier molecular flexibility index (Phi) is 4.59. The van der Waals surface area contributed by atoms with Crippen LogP contribution < -0.4 is 4.74 Å². The van der Waals surface area contributed by atoms with E-state index in [1.165, 1.54) is 12.8 Å². The summed E-state index contributed by atoms with van der Waals surface area (Å²) in [5.74, 6) is 0.807. The van der Waals surface area contributed by atoms with Gasteiger partial charge in [-0.15, -0.1) is 0 Å². The van der Waals surface area contributed by atoms with Crippen LogP contribution in [0.2, 0.25) is 0 Å². The summed E-state index contributed by atoms with van der Waals surface area (Å²) in [5.41, 5.74) is 0.0474. The van der Waals surface area contributed by atoms with Gasteiger partial charge >= 0.3 is 0 Å². The fraction of sp³-hybridized carbons (Fsp3) is 0.562. The van der Waals surface area contributed by atoms with Crippen molar-refractivity contribution in [3.8, 4) is 5.75 Å². The third-order valence-corrected chi connectivity index (χ3v) is 4.05. The molecule has 1 aliphatic carbocycles. The molecular formula is C16H22O3. The van der Waals surface area contributed by atoms with E-state index in [9.17, 15) is 4.79 Å². The zero-order chi connectivity index (χ0) is 13.7. The fourth-order valence-corrected chi connectivity index (χ4v) is 2.85. The summed E-state index contributed by atoms with van der Waals surface area (Å²) in [6.45, 7) is 0. The number of benzene rings is 1. The van der Waals surface area contributed by atoms with Gasteiger partial charge in [0.2, 0.25) is 0 Å². The number of ketones is 1. The number of hydrogen-bond donors (Lipinski definition) is 0. The number of Topliss-reactive ketones (excluding diaryl/α,β-unsaturated/α-hetero) is 1. The van der Waals surface area contributed by atoms with Gasteiger partial charge in [-0.2, -0.15) is 0 Å². The Morgan fingerprint density at radius 1 is 1.11 bits per heavy atom. The van der Waals surface area contributed by atoms with Gasteiger partial charge in [0, 0.05) is 12.7 Å². The van der Waals surface area contributed by atoms with Gasteiger partial charge in [0.25, 0.3) is 0 Å². The Morgan fingerprint density at radius 3 is 2.37 bits per heavy atom. The smallest absolute Gasteiger partial charge is 0.194 e. The lowest BCUT2D eigenvalue weighted by atomic mass is 9.85. The van der Waals surface area contributed by atoms with Gasteiger partial charge in [0.15, 0.2) is 5.78 Å². The molecule has 0 spiro atoms. The number of ether oxygens (including phenoxy) is 2. The van der Waals surface area contributed by atoms with Crippen LogP contribution in [0, 0.1) is 0 Å². The topological polar surface area (TPSA) is 35.5 Å². The molecule has 0 radical (unpaired) electrons.